The molecule has 1 aromatic carbocycles. The second-order valence-corrected chi connectivity index (χ2v) is 5.83. The first kappa shape index (κ1) is 16.2. The van der Waals surface area contributed by atoms with Gasteiger partial charge in [0.05, 0.1) is 16.9 Å². The topological polar surface area (TPSA) is 47.9 Å². The number of aromatic nitrogens is 3. The first-order valence-corrected chi connectivity index (χ1v) is 7.66. The van der Waals surface area contributed by atoms with E-state index >= 15 is 0 Å². The normalized spacial score (nSPS) is 12.8. The van der Waals surface area contributed by atoms with E-state index in [0.717, 1.165) is 22.3 Å². The Hall–Kier alpha value is -2.63. The predicted molar refractivity (Wildman–Crippen MR) is 87.1 cm³/mol. The van der Waals surface area contributed by atoms with E-state index in [0.29, 0.717) is 5.92 Å². The molecule has 0 N–H and O–H groups in total. The largest absolute Gasteiger partial charge is 0.435 e. The first-order valence-electron chi connectivity index (χ1n) is 7.66. The van der Waals surface area contributed by atoms with E-state index in [-0.39, 0.29) is 11.7 Å². The van der Waals surface area contributed by atoms with Crippen LogP contribution in [-0.4, -0.2) is 21.6 Å². The third kappa shape index (κ3) is 3.48. The number of ether oxygens (including phenoxy) is 1. The Morgan fingerprint density at radius 2 is 1.83 bits per heavy atom. The molecular formula is C18H17F2N3O. The Balaban J connectivity index is 2.00. The molecular weight excluding hydrogens is 312 g/mol. The number of alkyl halides is 2. The zero-order valence-electron chi connectivity index (χ0n) is 13.4. The van der Waals surface area contributed by atoms with Crippen LogP contribution in [0.2, 0.25) is 0 Å². The summed E-state index contributed by atoms with van der Waals surface area (Å²) >= 11 is 0. The molecule has 0 aliphatic heterocycles. The zero-order chi connectivity index (χ0) is 17.1. The van der Waals surface area contributed by atoms with Crippen LogP contribution in [0.3, 0.4) is 0 Å². The van der Waals surface area contributed by atoms with Crippen molar-refractivity contribution in [1.29, 1.82) is 0 Å². The van der Waals surface area contributed by atoms with Gasteiger partial charge in [-0.05, 0) is 36.2 Å². The number of benzene rings is 1. The standard InChI is InChI=1S/C18H17F2N3O/c1-11(2)17(15-7-8-21-10-22-15)16-5-3-12-9-13(24-18(19)20)4-6-14(12)23-16/h3-11,17-18H,1-2H3. The lowest BCUT2D eigenvalue weighted by atomic mass is 9.88. The Morgan fingerprint density at radius 3 is 2.50 bits per heavy atom. The minimum atomic E-state index is -2.84. The van der Waals surface area contributed by atoms with Crippen LogP contribution in [0.1, 0.15) is 31.2 Å². The highest BCUT2D eigenvalue weighted by molar-refractivity contribution is 5.80. The summed E-state index contributed by atoms with van der Waals surface area (Å²) in [4.78, 5) is 13.0. The zero-order valence-corrected chi connectivity index (χ0v) is 13.4. The van der Waals surface area contributed by atoms with Gasteiger partial charge in [0.25, 0.3) is 0 Å². The lowest BCUT2D eigenvalue weighted by molar-refractivity contribution is -0.0497. The highest BCUT2D eigenvalue weighted by Crippen LogP contribution is 2.31. The van der Waals surface area contributed by atoms with Crippen LogP contribution in [0.25, 0.3) is 10.9 Å². The van der Waals surface area contributed by atoms with Crippen LogP contribution in [0.5, 0.6) is 5.75 Å². The summed E-state index contributed by atoms with van der Waals surface area (Å²) in [6.45, 7) is 1.38. The quantitative estimate of drug-likeness (QED) is 0.695. The maximum absolute atomic E-state index is 12.3. The summed E-state index contributed by atoms with van der Waals surface area (Å²) in [5, 5.41) is 0.752. The van der Waals surface area contributed by atoms with Crippen molar-refractivity contribution in [1.82, 2.24) is 15.0 Å². The highest BCUT2D eigenvalue weighted by Gasteiger charge is 2.21. The van der Waals surface area contributed by atoms with Gasteiger partial charge in [-0.15, -0.1) is 0 Å². The average molecular weight is 329 g/mol. The van der Waals surface area contributed by atoms with Crippen molar-refractivity contribution < 1.29 is 13.5 Å². The molecule has 0 radical (unpaired) electrons. The number of rotatable bonds is 5. The van der Waals surface area contributed by atoms with Gasteiger partial charge in [-0.3, -0.25) is 4.98 Å². The molecule has 1 unspecified atom stereocenters. The highest BCUT2D eigenvalue weighted by atomic mass is 19.3. The maximum Gasteiger partial charge on any atom is 0.387 e. The molecule has 0 bridgehead atoms. The van der Waals surface area contributed by atoms with Gasteiger partial charge in [-0.1, -0.05) is 19.9 Å². The van der Waals surface area contributed by atoms with Gasteiger partial charge in [0.1, 0.15) is 12.1 Å². The molecule has 0 spiro atoms. The molecule has 4 nitrogen and oxygen atoms in total. The van der Waals surface area contributed by atoms with Crippen LogP contribution < -0.4 is 4.74 Å². The van der Waals surface area contributed by atoms with E-state index < -0.39 is 6.61 Å². The number of halogens is 2. The SMILES string of the molecule is CC(C)C(c1ccncn1)c1ccc2cc(OC(F)F)ccc2n1. The molecule has 2 aromatic heterocycles. The van der Waals surface area contributed by atoms with Gasteiger partial charge >= 0.3 is 6.61 Å². The van der Waals surface area contributed by atoms with Crippen molar-refractivity contribution >= 4 is 10.9 Å². The number of fused-ring (bicyclic) bond motifs is 1. The monoisotopic (exact) mass is 329 g/mol. The third-order valence-electron chi connectivity index (χ3n) is 3.82. The minimum Gasteiger partial charge on any atom is -0.435 e. The number of hydrogen-bond acceptors (Lipinski definition) is 4. The summed E-state index contributed by atoms with van der Waals surface area (Å²) in [5.74, 6) is 0.462. The van der Waals surface area contributed by atoms with Crippen molar-refractivity contribution in [2.24, 2.45) is 5.92 Å². The van der Waals surface area contributed by atoms with Crippen LogP contribution >= 0.6 is 0 Å². The second kappa shape index (κ2) is 6.86. The molecule has 1 atom stereocenters. The van der Waals surface area contributed by atoms with Gasteiger partial charge < -0.3 is 4.74 Å². The van der Waals surface area contributed by atoms with Gasteiger partial charge in [0, 0.05) is 17.5 Å². The van der Waals surface area contributed by atoms with Gasteiger partial charge in [0.15, 0.2) is 0 Å². The Kier molecular flexibility index (Phi) is 4.64. The van der Waals surface area contributed by atoms with Crippen molar-refractivity contribution in [3.63, 3.8) is 0 Å². The van der Waals surface area contributed by atoms with Crippen LogP contribution in [0, 0.1) is 5.92 Å². The van der Waals surface area contributed by atoms with Gasteiger partial charge in [-0.25, -0.2) is 9.97 Å². The molecule has 6 heteroatoms. The summed E-state index contributed by atoms with van der Waals surface area (Å²) < 4.78 is 29.1. The Morgan fingerprint density at radius 1 is 1.00 bits per heavy atom. The van der Waals surface area contributed by atoms with E-state index in [2.05, 4.69) is 33.5 Å². The maximum atomic E-state index is 12.3. The van der Waals surface area contributed by atoms with E-state index in [9.17, 15) is 8.78 Å². The second-order valence-electron chi connectivity index (χ2n) is 5.83. The van der Waals surface area contributed by atoms with Crippen molar-refractivity contribution in [3.05, 3.63) is 60.3 Å². The molecule has 0 aliphatic carbocycles. The van der Waals surface area contributed by atoms with Crippen molar-refractivity contribution in [2.75, 3.05) is 0 Å². The molecule has 3 aromatic rings. The van der Waals surface area contributed by atoms with Crippen LogP contribution in [-0.2, 0) is 0 Å². The summed E-state index contributed by atoms with van der Waals surface area (Å²) in [6.07, 6.45) is 3.24. The molecule has 24 heavy (non-hydrogen) atoms. The first-order chi connectivity index (χ1) is 11.5. The molecule has 2 heterocycles. The van der Waals surface area contributed by atoms with E-state index in [1.54, 1.807) is 18.3 Å². The number of pyridine rings is 1. The van der Waals surface area contributed by atoms with E-state index in [4.69, 9.17) is 0 Å². The molecule has 0 amide bonds. The summed E-state index contributed by atoms with van der Waals surface area (Å²) in [5.41, 5.74) is 2.53. The van der Waals surface area contributed by atoms with Gasteiger partial charge in [-0.2, -0.15) is 8.78 Å². The lowest BCUT2D eigenvalue weighted by Crippen LogP contribution is -2.12. The van der Waals surface area contributed by atoms with Crippen LogP contribution in [0.4, 0.5) is 8.78 Å². The fraction of sp³-hybridized carbons (Fsp3) is 0.278. The van der Waals surface area contributed by atoms with Gasteiger partial charge in [0.2, 0.25) is 0 Å². The molecule has 0 saturated carbocycles. The van der Waals surface area contributed by atoms with E-state index in [1.807, 2.05) is 18.2 Å². The van der Waals surface area contributed by atoms with E-state index in [1.165, 1.54) is 12.4 Å². The number of hydrogen-bond donors (Lipinski definition) is 0. The van der Waals surface area contributed by atoms with Crippen LogP contribution in [0.15, 0.2) is 48.9 Å². The average Bonchev–Trinajstić information content (AvgIpc) is 2.55. The molecule has 3 rings (SSSR count). The minimum absolute atomic E-state index is 0.0365. The molecule has 0 aliphatic rings. The molecule has 0 fully saturated rings. The predicted octanol–water partition coefficient (Wildman–Crippen LogP) is 4.41. The summed E-state index contributed by atoms with van der Waals surface area (Å²) in [7, 11) is 0. The third-order valence-corrected chi connectivity index (χ3v) is 3.82. The fourth-order valence-corrected chi connectivity index (χ4v) is 2.79. The lowest BCUT2D eigenvalue weighted by Gasteiger charge is -2.20. The Labute approximate surface area is 138 Å². The molecule has 0 saturated heterocycles. The fourth-order valence-electron chi connectivity index (χ4n) is 2.79. The van der Waals surface area contributed by atoms with Crippen molar-refractivity contribution in [2.45, 2.75) is 26.4 Å². The molecule has 124 valence electrons. The number of nitrogens with zero attached hydrogens (tertiary/aromatic N) is 3. The smallest absolute Gasteiger partial charge is 0.387 e. The summed E-state index contributed by atoms with van der Waals surface area (Å²) in [6, 6.07) is 10.4. The van der Waals surface area contributed by atoms with Crippen molar-refractivity contribution in [3.8, 4) is 5.75 Å². The Bertz CT molecular complexity index is 825.